The largest absolute Gasteiger partial charge is 0.297 e. The molecule has 0 saturated carbocycles. The third-order valence-electron chi connectivity index (χ3n) is 3.36. The molecule has 1 aromatic carbocycles. The molecule has 0 unspecified atom stereocenters. The van der Waals surface area contributed by atoms with E-state index in [-0.39, 0.29) is 17.5 Å². The monoisotopic (exact) mass is 294 g/mol. The second-order valence-electron chi connectivity index (χ2n) is 5.31. The van der Waals surface area contributed by atoms with Crippen molar-refractivity contribution in [2.75, 3.05) is 6.54 Å². The van der Waals surface area contributed by atoms with Crippen molar-refractivity contribution < 1.29 is 9.76 Å². The summed E-state index contributed by atoms with van der Waals surface area (Å²) in [7, 11) is 0. The lowest BCUT2D eigenvalue weighted by Gasteiger charge is -2.14. The lowest BCUT2D eigenvalue weighted by molar-refractivity contribution is -0.485. The maximum absolute atomic E-state index is 10.7. The molecule has 1 aromatic rings. The van der Waals surface area contributed by atoms with Crippen LogP contribution in [0.2, 0.25) is 0 Å². The van der Waals surface area contributed by atoms with E-state index in [1.165, 1.54) is 19.3 Å². The van der Waals surface area contributed by atoms with Crippen molar-refractivity contribution >= 4 is 0 Å². The van der Waals surface area contributed by atoms with Crippen molar-refractivity contribution in [1.29, 1.82) is 0 Å². The summed E-state index contributed by atoms with van der Waals surface area (Å²) in [6.45, 7) is 2.50. The number of hydrogen-bond donors (Lipinski definition) is 1. The first kappa shape index (κ1) is 17.6. The van der Waals surface area contributed by atoms with E-state index in [9.17, 15) is 10.1 Å². The highest BCUT2D eigenvalue weighted by molar-refractivity contribution is 5.13. The molecule has 118 valence electrons. The van der Waals surface area contributed by atoms with Crippen molar-refractivity contribution in [3.8, 4) is 0 Å². The predicted octanol–water partition coefficient (Wildman–Crippen LogP) is 3.71. The fraction of sp³-hybridized carbons (Fsp3) is 0.625. The molecule has 1 N–H and O–H groups in total. The van der Waals surface area contributed by atoms with Gasteiger partial charge in [0, 0.05) is 4.92 Å². The zero-order valence-electron chi connectivity index (χ0n) is 12.8. The molecular formula is C16H26N2O3. The topological polar surface area (TPSA) is 64.4 Å². The molecule has 0 amide bonds. The summed E-state index contributed by atoms with van der Waals surface area (Å²) in [5, 5.41) is 10.7. The normalized spacial score (nSPS) is 12.2. The summed E-state index contributed by atoms with van der Waals surface area (Å²) in [5.41, 5.74) is 3.90. The van der Waals surface area contributed by atoms with Crippen LogP contribution in [0.4, 0.5) is 0 Å². The van der Waals surface area contributed by atoms with Gasteiger partial charge in [0.2, 0.25) is 6.54 Å². The SMILES string of the molecule is CCCCCCC[C@H](C[N+](=O)[O-])NOCc1ccccc1. The van der Waals surface area contributed by atoms with Gasteiger partial charge in [-0.05, 0) is 12.0 Å². The van der Waals surface area contributed by atoms with Gasteiger partial charge < -0.3 is 0 Å². The molecule has 1 atom stereocenters. The second kappa shape index (κ2) is 11.2. The van der Waals surface area contributed by atoms with Crippen LogP contribution in [0.1, 0.15) is 51.0 Å². The fourth-order valence-electron chi connectivity index (χ4n) is 2.18. The van der Waals surface area contributed by atoms with Gasteiger partial charge in [-0.2, -0.15) is 5.48 Å². The minimum Gasteiger partial charge on any atom is -0.297 e. The van der Waals surface area contributed by atoms with E-state index in [4.69, 9.17) is 4.84 Å². The van der Waals surface area contributed by atoms with Crippen molar-refractivity contribution in [3.05, 3.63) is 46.0 Å². The third kappa shape index (κ3) is 9.15. The van der Waals surface area contributed by atoms with E-state index in [1.54, 1.807) is 0 Å². The van der Waals surface area contributed by atoms with Gasteiger partial charge >= 0.3 is 0 Å². The highest BCUT2D eigenvalue weighted by atomic mass is 16.7. The Morgan fingerprint density at radius 3 is 2.57 bits per heavy atom. The molecule has 0 aromatic heterocycles. The molecule has 0 radical (unpaired) electrons. The highest BCUT2D eigenvalue weighted by Crippen LogP contribution is 2.08. The molecule has 0 spiro atoms. The summed E-state index contributed by atoms with van der Waals surface area (Å²) in [5.74, 6) is 0. The number of nitrogens with one attached hydrogen (secondary N) is 1. The average Bonchev–Trinajstić information content (AvgIpc) is 2.47. The Kier molecular flexibility index (Phi) is 9.40. The van der Waals surface area contributed by atoms with Gasteiger partial charge in [-0.25, -0.2) is 0 Å². The number of unbranched alkanes of at least 4 members (excludes halogenated alkanes) is 4. The zero-order valence-corrected chi connectivity index (χ0v) is 12.8. The van der Waals surface area contributed by atoms with Crippen LogP contribution in [-0.2, 0) is 11.4 Å². The van der Waals surface area contributed by atoms with Gasteiger partial charge in [-0.15, -0.1) is 0 Å². The van der Waals surface area contributed by atoms with E-state index in [0.29, 0.717) is 6.61 Å². The Bertz CT molecular complexity index is 384. The Hall–Kier alpha value is -1.46. The van der Waals surface area contributed by atoms with Crippen LogP contribution in [0, 0.1) is 10.1 Å². The minimum absolute atomic E-state index is 0.0947. The third-order valence-corrected chi connectivity index (χ3v) is 3.36. The standard InChI is InChI=1S/C16H26N2O3/c1-2-3-4-5-9-12-16(13-18(19)20)17-21-14-15-10-7-6-8-11-15/h6-8,10-11,16-17H,2-5,9,12-14H2,1H3/t16-/m1/s1. The minimum atomic E-state index is -0.282. The summed E-state index contributed by atoms with van der Waals surface area (Å²) < 4.78 is 0. The second-order valence-corrected chi connectivity index (χ2v) is 5.31. The Morgan fingerprint density at radius 2 is 1.90 bits per heavy atom. The molecule has 0 saturated heterocycles. The molecule has 0 aliphatic heterocycles. The number of nitrogens with zero attached hydrogens (tertiary/aromatic N) is 1. The van der Waals surface area contributed by atoms with Gasteiger partial charge in [-0.3, -0.25) is 15.0 Å². The summed E-state index contributed by atoms with van der Waals surface area (Å²) >= 11 is 0. The molecular weight excluding hydrogens is 268 g/mol. The van der Waals surface area contributed by atoms with E-state index in [0.717, 1.165) is 24.8 Å². The first-order chi connectivity index (χ1) is 10.2. The van der Waals surface area contributed by atoms with E-state index in [2.05, 4.69) is 12.4 Å². The lowest BCUT2D eigenvalue weighted by atomic mass is 10.1. The van der Waals surface area contributed by atoms with Crippen molar-refractivity contribution in [3.63, 3.8) is 0 Å². The van der Waals surface area contributed by atoms with Crippen LogP contribution in [0.15, 0.2) is 30.3 Å². The molecule has 1 rings (SSSR count). The van der Waals surface area contributed by atoms with Crippen LogP contribution >= 0.6 is 0 Å². The molecule has 5 nitrogen and oxygen atoms in total. The number of hydrogen-bond acceptors (Lipinski definition) is 4. The van der Waals surface area contributed by atoms with Crippen LogP contribution in [0.3, 0.4) is 0 Å². The smallest absolute Gasteiger partial charge is 0.221 e. The Balaban J connectivity index is 2.23. The maximum atomic E-state index is 10.7. The van der Waals surface area contributed by atoms with Crippen LogP contribution in [0.5, 0.6) is 0 Å². The number of hydroxylamine groups is 1. The van der Waals surface area contributed by atoms with Crippen LogP contribution < -0.4 is 5.48 Å². The molecule has 5 heteroatoms. The lowest BCUT2D eigenvalue weighted by Crippen LogP contribution is -2.35. The quantitative estimate of drug-likeness (QED) is 0.362. The highest BCUT2D eigenvalue weighted by Gasteiger charge is 2.14. The number of benzene rings is 1. The van der Waals surface area contributed by atoms with Crippen molar-refractivity contribution in [1.82, 2.24) is 5.48 Å². The van der Waals surface area contributed by atoms with Crippen LogP contribution in [-0.4, -0.2) is 17.5 Å². The molecule has 0 aliphatic rings. The predicted molar refractivity (Wildman–Crippen MR) is 83.4 cm³/mol. The fourth-order valence-corrected chi connectivity index (χ4v) is 2.18. The van der Waals surface area contributed by atoms with Crippen molar-refractivity contribution in [2.24, 2.45) is 0 Å². The molecule has 21 heavy (non-hydrogen) atoms. The van der Waals surface area contributed by atoms with Gasteiger partial charge in [-0.1, -0.05) is 69.4 Å². The maximum Gasteiger partial charge on any atom is 0.221 e. The molecule has 0 fully saturated rings. The van der Waals surface area contributed by atoms with Gasteiger partial charge in [0.25, 0.3) is 0 Å². The van der Waals surface area contributed by atoms with Gasteiger partial charge in [0.15, 0.2) is 0 Å². The Morgan fingerprint density at radius 1 is 1.19 bits per heavy atom. The van der Waals surface area contributed by atoms with Gasteiger partial charge in [0.05, 0.1) is 12.6 Å². The molecule has 0 aliphatic carbocycles. The van der Waals surface area contributed by atoms with Crippen LogP contribution in [0.25, 0.3) is 0 Å². The van der Waals surface area contributed by atoms with E-state index in [1.807, 2.05) is 30.3 Å². The molecule has 0 heterocycles. The summed E-state index contributed by atoms with van der Waals surface area (Å²) in [6.07, 6.45) is 6.54. The molecule has 0 bridgehead atoms. The number of nitro groups is 1. The summed E-state index contributed by atoms with van der Waals surface area (Å²) in [6, 6.07) is 9.56. The van der Waals surface area contributed by atoms with E-state index < -0.39 is 0 Å². The van der Waals surface area contributed by atoms with Gasteiger partial charge in [0.1, 0.15) is 0 Å². The average molecular weight is 294 g/mol. The van der Waals surface area contributed by atoms with Crippen molar-refractivity contribution in [2.45, 2.75) is 58.1 Å². The summed E-state index contributed by atoms with van der Waals surface area (Å²) in [4.78, 5) is 15.8. The first-order valence-electron chi connectivity index (χ1n) is 7.75. The van der Waals surface area contributed by atoms with E-state index >= 15 is 0 Å². The number of rotatable bonds is 12. The Labute approximate surface area is 126 Å². The first-order valence-corrected chi connectivity index (χ1v) is 7.75. The zero-order chi connectivity index (χ0) is 15.3.